The van der Waals surface area contributed by atoms with E-state index in [1.807, 2.05) is 0 Å². The summed E-state index contributed by atoms with van der Waals surface area (Å²) in [6, 6.07) is 0.709. The highest BCUT2D eigenvalue weighted by atomic mass is 15.2. The van der Waals surface area contributed by atoms with Gasteiger partial charge in [0.2, 0.25) is 0 Å². The molecule has 1 aliphatic heterocycles. The second-order valence-corrected chi connectivity index (χ2v) is 5.67. The van der Waals surface area contributed by atoms with Crippen molar-refractivity contribution in [3.63, 3.8) is 0 Å². The van der Waals surface area contributed by atoms with E-state index in [-0.39, 0.29) is 0 Å². The zero-order valence-corrected chi connectivity index (χ0v) is 10.1. The minimum atomic E-state index is 0.519. The van der Waals surface area contributed by atoms with Crippen LogP contribution in [0.1, 0.15) is 41.5 Å². The van der Waals surface area contributed by atoms with Crippen LogP contribution in [0.4, 0.5) is 0 Å². The summed E-state index contributed by atoms with van der Waals surface area (Å²) in [4.78, 5) is 2.61. The summed E-state index contributed by atoms with van der Waals surface area (Å²) in [6.07, 6.45) is 0. The predicted octanol–water partition coefficient (Wildman–Crippen LogP) is 3.01. The van der Waals surface area contributed by atoms with E-state index < -0.39 is 0 Å². The van der Waals surface area contributed by atoms with Gasteiger partial charge in [0, 0.05) is 19.1 Å². The largest absolute Gasteiger partial charge is 0.300 e. The van der Waals surface area contributed by atoms with Gasteiger partial charge in [0.05, 0.1) is 0 Å². The van der Waals surface area contributed by atoms with Crippen molar-refractivity contribution in [1.29, 1.82) is 0 Å². The van der Waals surface area contributed by atoms with Gasteiger partial charge in [-0.15, -0.1) is 0 Å². The Balaban J connectivity index is 2.68. The second kappa shape index (κ2) is 3.61. The van der Waals surface area contributed by atoms with Gasteiger partial charge in [-0.05, 0) is 31.1 Å². The average Bonchev–Trinajstić information content (AvgIpc) is 2.00. The zero-order valence-electron chi connectivity index (χ0n) is 10.1. The molecule has 1 saturated heterocycles. The third-order valence-electron chi connectivity index (χ3n) is 4.29. The fraction of sp³-hybridized carbons (Fsp3) is 1.00. The van der Waals surface area contributed by atoms with Crippen molar-refractivity contribution >= 4 is 0 Å². The Bertz CT molecular complexity index is 158. The molecule has 0 aromatic rings. The molecule has 1 nitrogen and oxygen atoms in total. The Kier molecular flexibility index (Phi) is 3.06. The van der Waals surface area contributed by atoms with Gasteiger partial charge in [0.1, 0.15) is 0 Å². The third kappa shape index (κ3) is 2.07. The summed E-state index contributed by atoms with van der Waals surface area (Å²) in [7, 11) is 0. The smallest absolute Gasteiger partial charge is 0.00388 e. The van der Waals surface area contributed by atoms with Crippen LogP contribution in [0, 0.1) is 17.3 Å². The Hall–Kier alpha value is -0.0400. The van der Waals surface area contributed by atoms with Crippen LogP contribution in [0.2, 0.25) is 0 Å². The summed E-state index contributed by atoms with van der Waals surface area (Å²) in [5.74, 6) is 1.64. The van der Waals surface area contributed by atoms with Crippen LogP contribution in [0.15, 0.2) is 0 Å². The number of likely N-dealkylation sites (tertiary alicyclic amines) is 1. The van der Waals surface area contributed by atoms with E-state index in [4.69, 9.17) is 0 Å². The van der Waals surface area contributed by atoms with Gasteiger partial charge in [0.15, 0.2) is 0 Å². The molecular weight excluding hydrogens is 158 g/mol. The molecule has 2 atom stereocenters. The first-order valence-corrected chi connectivity index (χ1v) is 5.59. The molecule has 1 fully saturated rings. The lowest BCUT2D eigenvalue weighted by Crippen LogP contribution is -2.51. The molecule has 0 saturated carbocycles. The fourth-order valence-corrected chi connectivity index (χ4v) is 2.16. The van der Waals surface area contributed by atoms with E-state index in [0.29, 0.717) is 11.5 Å². The minimum absolute atomic E-state index is 0.519. The van der Waals surface area contributed by atoms with E-state index in [1.54, 1.807) is 0 Å². The summed E-state index contributed by atoms with van der Waals surface area (Å²) in [5, 5.41) is 0. The normalized spacial score (nSPS) is 35.3. The number of hydrogen-bond donors (Lipinski definition) is 0. The van der Waals surface area contributed by atoms with Crippen LogP contribution in [0.25, 0.3) is 0 Å². The van der Waals surface area contributed by atoms with Crippen LogP contribution in [0.3, 0.4) is 0 Å². The monoisotopic (exact) mass is 183 g/mol. The van der Waals surface area contributed by atoms with Gasteiger partial charge in [-0.1, -0.05) is 27.7 Å². The van der Waals surface area contributed by atoms with Gasteiger partial charge in [0.25, 0.3) is 0 Å². The molecule has 0 aromatic heterocycles. The lowest BCUT2D eigenvalue weighted by molar-refractivity contribution is 0.00211. The van der Waals surface area contributed by atoms with E-state index in [0.717, 1.165) is 11.8 Å². The quantitative estimate of drug-likeness (QED) is 0.604. The maximum Gasteiger partial charge on any atom is 0.00388 e. The molecule has 0 N–H and O–H groups in total. The fourth-order valence-electron chi connectivity index (χ4n) is 2.16. The number of nitrogens with zero attached hydrogens (tertiary/aromatic N) is 1. The van der Waals surface area contributed by atoms with Crippen molar-refractivity contribution in [2.45, 2.75) is 47.6 Å². The zero-order chi connectivity index (χ0) is 10.2. The van der Waals surface area contributed by atoms with Crippen LogP contribution in [-0.2, 0) is 0 Å². The molecule has 0 amide bonds. The van der Waals surface area contributed by atoms with Crippen LogP contribution >= 0.6 is 0 Å². The molecule has 0 aromatic carbocycles. The molecule has 1 aliphatic rings. The van der Waals surface area contributed by atoms with E-state index in [9.17, 15) is 0 Å². The molecule has 0 bridgehead atoms. The topological polar surface area (TPSA) is 3.24 Å². The van der Waals surface area contributed by atoms with Gasteiger partial charge in [-0.3, -0.25) is 0 Å². The molecule has 13 heavy (non-hydrogen) atoms. The lowest BCUT2D eigenvalue weighted by atomic mass is 9.68. The molecule has 1 heterocycles. The van der Waals surface area contributed by atoms with Gasteiger partial charge in [-0.2, -0.15) is 0 Å². The first-order chi connectivity index (χ1) is 5.85. The van der Waals surface area contributed by atoms with E-state index in [1.165, 1.54) is 13.1 Å². The highest BCUT2D eigenvalue weighted by Gasteiger charge is 2.38. The highest BCUT2D eigenvalue weighted by Crippen LogP contribution is 2.39. The molecule has 0 spiro atoms. The van der Waals surface area contributed by atoms with Crippen molar-refractivity contribution in [3.05, 3.63) is 0 Å². The van der Waals surface area contributed by atoms with E-state index >= 15 is 0 Å². The third-order valence-corrected chi connectivity index (χ3v) is 4.29. The van der Waals surface area contributed by atoms with Gasteiger partial charge >= 0.3 is 0 Å². The molecule has 78 valence electrons. The first kappa shape index (κ1) is 11.0. The number of piperidine rings is 1. The van der Waals surface area contributed by atoms with Crippen molar-refractivity contribution in [2.24, 2.45) is 17.3 Å². The minimum Gasteiger partial charge on any atom is -0.300 e. The standard InChI is InChI=1S/C12H25N/c1-9(2)13-7-10(3)12(5,6)11(4)8-13/h9-11H,7-8H2,1-6H3. The molecule has 2 unspecified atom stereocenters. The molecule has 0 aliphatic carbocycles. The SMILES string of the molecule is CC(C)N1CC(C)C(C)(C)C(C)C1. The van der Waals surface area contributed by atoms with E-state index in [2.05, 4.69) is 46.4 Å². The summed E-state index contributed by atoms with van der Waals surface area (Å²) < 4.78 is 0. The molecule has 0 radical (unpaired) electrons. The Labute approximate surface area is 83.5 Å². The van der Waals surface area contributed by atoms with Gasteiger partial charge < -0.3 is 4.90 Å². The van der Waals surface area contributed by atoms with Crippen LogP contribution in [-0.4, -0.2) is 24.0 Å². The number of rotatable bonds is 1. The average molecular weight is 183 g/mol. The van der Waals surface area contributed by atoms with Gasteiger partial charge in [-0.25, -0.2) is 0 Å². The highest BCUT2D eigenvalue weighted by molar-refractivity contribution is 4.89. The molecule has 1 heteroatoms. The molecule has 1 rings (SSSR count). The van der Waals surface area contributed by atoms with Crippen LogP contribution in [0.5, 0.6) is 0 Å². The Morgan fingerprint density at radius 2 is 1.46 bits per heavy atom. The summed E-state index contributed by atoms with van der Waals surface area (Å²) >= 11 is 0. The van der Waals surface area contributed by atoms with Crippen LogP contribution < -0.4 is 0 Å². The van der Waals surface area contributed by atoms with Crippen molar-refractivity contribution in [3.8, 4) is 0 Å². The summed E-state index contributed by atoms with van der Waals surface area (Å²) in [5.41, 5.74) is 0.519. The first-order valence-electron chi connectivity index (χ1n) is 5.59. The predicted molar refractivity (Wildman–Crippen MR) is 58.8 cm³/mol. The number of hydrogen-bond acceptors (Lipinski definition) is 1. The lowest BCUT2D eigenvalue weighted by Gasteiger charge is -2.48. The van der Waals surface area contributed by atoms with Crippen molar-refractivity contribution in [2.75, 3.05) is 13.1 Å². The van der Waals surface area contributed by atoms with Crippen molar-refractivity contribution in [1.82, 2.24) is 4.90 Å². The maximum atomic E-state index is 2.61. The van der Waals surface area contributed by atoms with Crippen molar-refractivity contribution < 1.29 is 0 Å². The Morgan fingerprint density at radius 1 is 1.08 bits per heavy atom. The molecular formula is C12H25N. The second-order valence-electron chi connectivity index (χ2n) is 5.67. The summed E-state index contributed by atoms with van der Waals surface area (Å²) in [6.45, 7) is 16.8. The Morgan fingerprint density at radius 3 is 1.77 bits per heavy atom. The maximum absolute atomic E-state index is 2.61.